The monoisotopic (exact) mass is 280 g/mol. The lowest BCUT2D eigenvalue weighted by Gasteiger charge is -2.10. The van der Waals surface area contributed by atoms with E-state index in [9.17, 15) is 18.8 Å². The molecule has 20 heavy (non-hydrogen) atoms. The molecule has 1 aromatic rings. The Bertz CT molecular complexity index is 547. The average Bonchev–Trinajstić information content (AvgIpc) is 2.83. The van der Waals surface area contributed by atoms with E-state index in [4.69, 9.17) is 4.74 Å². The van der Waals surface area contributed by atoms with Crippen LogP contribution in [0.3, 0.4) is 0 Å². The minimum atomic E-state index is -0.690. The zero-order valence-electron chi connectivity index (χ0n) is 10.5. The van der Waals surface area contributed by atoms with Crippen molar-refractivity contribution in [3.8, 4) is 0 Å². The van der Waals surface area contributed by atoms with Crippen LogP contribution in [0.1, 0.15) is 12.8 Å². The number of nitrogens with one attached hydrogen (secondary N) is 2. The first-order valence-electron chi connectivity index (χ1n) is 6.06. The van der Waals surface area contributed by atoms with Crippen molar-refractivity contribution in [1.82, 2.24) is 5.32 Å². The van der Waals surface area contributed by atoms with E-state index < -0.39 is 30.3 Å². The topological polar surface area (TPSA) is 84.5 Å². The lowest BCUT2D eigenvalue weighted by atomic mass is 10.2. The maximum absolute atomic E-state index is 12.9. The predicted octanol–water partition coefficient (Wildman–Crippen LogP) is 0.586. The van der Waals surface area contributed by atoms with E-state index in [0.717, 1.165) is 6.07 Å². The first-order valence-corrected chi connectivity index (χ1v) is 6.06. The lowest BCUT2D eigenvalue weighted by Crippen LogP contribution is -2.36. The van der Waals surface area contributed by atoms with E-state index in [-0.39, 0.29) is 18.0 Å². The van der Waals surface area contributed by atoms with E-state index in [1.54, 1.807) is 0 Å². The van der Waals surface area contributed by atoms with Crippen LogP contribution < -0.4 is 10.6 Å². The highest BCUT2D eigenvalue weighted by molar-refractivity contribution is 5.94. The van der Waals surface area contributed by atoms with E-state index >= 15 is 0 Å². The first kappa shape index (κ1) is 14.0. The van der Waals surface area contributed by atoms with Crippen molar-refractivity contribution in [3.05, 3.63) is 30.1 Å². The molecule has 0 saturated carbocycles. The fraction of sp³-hybridized carbons (Fsp3) is 0.308. The highest BCUT2D eigenvalue weighted by Gasteiger charge is 2.28. The Balaban J connectivity index is 1.77. The highest BCUT2D eigenvalue weighted by atomic mass is 19.1. The van der Waals surface area contributed by atoms with Gasteiger partial charge in [-0.15, -0.1) is 0 Å². The fourth-order valence-electron chi connectivity index (χ4n) is 1.79. The lowest BCUT2D eigenvalue weighted by molar-refractivity contribution is -0.149. The molecule has 2 amide bonds. The second kappa shape index (κ2) is 6.14. The van der Waals surface area contributed by atoms with Gasteiger partial charge in [0.15, 0.2) is 6.61 Å². The standard InChI is InChI=1S/C13H13FN2O4/c14-8-2-1-3-9(6-8)15-12(18)7-20-13(19)10-4-5-11(17)16-10/h1-3,6,10H,4-5,7H2,(H,15,18)(H,16,17)/t10-/m1/s1. The number of hydrogen-bond donors (Lipinski definition) is 2. The van der Waals surface area contributed by atoms with Crippen molar-refractivity contribution in [2.75, 3.05) is 11.9 Å². The van der Waals surface area contributed by atoms with Crippen LogP contribution in [-0.4, -0.2) is 30.4 Å². The summed E-state index contributed by atoms with van der Waals surface area (Å²) in [5.41, 5.74) is 0.278. The van der Waals surface area contributed by atoms with Gasteiger partial charge in [-0.1, -0.05) is 6.07 Å². The molecular weight excluding hydrogens is 267 g/mol. The number of rotatable bonds is 4. The molecule has 0 unspecified atom stereocenters. The largest absolute Gasteiger partial charge is 0.454 e. The normalized spacial score (nSPS) is 17.4. The van der Waals surface area contributed by atoms with Crippen LogP contribution in [0.25, 0.3) is 0 Å². The van der Waals surface area contributed by atoms with E-state index in [1.807, 2.05) is 0 Å². The second-order valence-electron chi connectivity index (χ2n) is 4.33. The van der Waals surface area contributed by atoms with E-state index in [0.29, 0.717) is 6.42 Å². The number of benzene rings is 1. The summed E-state index contributed by atoms with van der Waals surface area (Å²) in [5.74, 6) is -1.91. The number of halogens is 1. The number of carbonyl (C=O) groups is 3. The van der Waals surface area contributed by atoms with Gasteiger partial charge in [-0.3, -0.25) is 9.59 Å². The van der Waals surface area contributed by atoms with Gasteiger partial charge in [0.05, 0.1) is 0 Å². The summed E-state index contributed by atoms with van der Waals surface area (Å²) in [6.45, 7) is -0.484. The molecule has 1 aliphatic heterocycles. The van der Waals surface area contributed by atoms with Gasteiger partial charge in [0.25, 0.3) is 5.91 Å². The Morgan fingerprint density at radius 2 is 2.25 bits per heavy atom. The van der Waals surface area contributed by atoms with E-state index in [1.165, 1.54) is 18.2 Å². The van der Waals surface area contributed by atoms with Crippen molar-refractivity contribution in [2.24, 2.45) is 0 Å². The van der Waals surface area contributed by atoms with Crippen LogP contribution in [0.5, 0.6) is 0 Å². The Morgan fingerprint density at radius 1 is 1.45 bits per heavy atom. The summed E-state index contributed by atoms with van der Waals surface area (Å²) in [4.78, 5) is 34.0. The molecule has 7 heteroatoms. The van der Waals surface area contributed by atoms with Gasteiger partial charge in [-0.2, -0.15) is 0 Å². The van der Waals surface area contributed by atoms with Gasteiger partial charge >= 0.3 is 5.97 Å². The molecule has 1 aliphatic rings. The van der Waals surface area contributed by atoms with Crippen molar-refractivity contribution >= 4 is 23.5 Å². The summed E-state index contributed by atoms with van der Waals surface area (Å²) >= 11 is 0. The molecule has 1 atom stereocenters. The van der Waals surface area contributed by atoms with Crippen LogP contribution in [0.4, 0.5) is 10.1 Å². The molecule has 106 valence electrons. The zero-order chi connectivity index (χ0) is 14.5. The molecule has 6 nitrogen and oxygen atoms in total. The molecule has 0 bridgehead atoms. The third-order valence-electron chi connectivity index (χ3n) is 2.73. The minimum absolute atomic E-state index is 0.212. The third-order valence-corrected chi connectivity index (χ3v) is 2.73. The molecule has 1 aromatic carbocycles. The van der Waals surface area contributed by atoms with Crippen molar-refractivity contribution in [3.63, 3.8) is 0 Å². The smallest absolute Gasteiger partial charge is 0.329 e. The Morgan fingerprint density at radius 3 is 2.90 bits per heavy atom. The Kier molecular flexibility index (Phi) is 4.29. The molecule has 0 aliphatic carbocycles. The molecule has 0 radical (unpaired) electrons. The van der Waals surface area contributed by atoms with Gasteiger partial charge in [0, 0.05) is 12.1 Å². The number of esters is 1. The summed E-state index contributed by atoms with van der Waals surface area (Å²) in [6, 6.07) is 4.67. The molecular formula is C13H13FN2O4. The predicted molar refractivity (Wildman–Crippen MR) is 67.2 cm³/mol. The van der Waals surface area contributed by atoms with Gasteiger partial charge < -0.3 is 15.4 Å². The highest BCUT2D eigenvalue weighted by Crippen LogP contribution is 2.10. The van der Waals surface area contributed by atoms with Crippen LogP contribution in [0.2, 0.25) is 0 Å². The maximum atomic E-state index is 12.9. The Labute approximate surface area is 114 Å². The molecule has 1 heterocycles. The van der Waals surface area contributed by atoms with Crippen LogP contribution in [-0.2, 0) is 19.1 Å². The van der Waals surface area contributed by atoms with Gasteiger partial charge in [-0.05, 0) is 24.6 Å². The third kappa shape index (κ3) is 3.78. The first-order chi connectivity index (χ1) is 9.54. The fourth-order valence-corrected chi connectivity index (χ4v) is 1.79. The maximum Gasteiger partial charge on any atom is 0.329 e. The molecule has 2 N–H and O–H groups in total. The zero-order valence-corrected chi connectivity index (χ0v) is 10.5. The van der Waals surface area contributed by atoms with Crippen LogP contribution in [0.15, 0.2) is 24.3 Å². The van der Waals surface area contributed by atoms with Gasteiger partial charge in [0.2, 0.25) is 5.91 Å². The SMILES string of the molecule is O=C(COC(=O)[C@H]1CCC(=O)N1)Nc1cccc(F)c1. The average molecular weight is 280 g/mol. The minimum Gasteiger partial charge on any atom is -0.454 e. The summed E-state index contributed by atoms with van der Waals surface area (Å²) < 4.78 is 17.7. The van der Waals surface area contributed by atoms with Gasteiger partial charge in [0.1, 0.15) is 11.9 Å². The quantitative estimate of drug-likeness (QED) is 0.790. The second-order valence-corrected chi connectivity index (χ2v) is 4.33. The summed E-state index contributed by atoms with van der Waals surface area (Å²) in [7, 11) is 0. The molecule has 1 saturated heterocycles. The molecule has 0 spiro atoms. The summed E-state index contributed by atoms with van der Waals surface area (Å²) in [5, 5.41) is 4.83. The van der Waals surface area contributed by atoms with E-state index in [2.05, 4.69) is 10.6 Å². The molecule has 1 fully saturated rings. The number of amides is 2. The van der Waals surface area contributed by atoms with Crippen molar-refractivity contribution < 1.29 is 23.5 Å². The van der Waals surface area contributed by atoms with Crippen LogP contribution >= 0.6 is 0 Å². The van der Waals surface area contributed by atoms with Crippen molar-refractivity contribution in [1.29, 1.82) is 0 Å². The van der Waals surface area contributed by atoms with Gasteiger partial charge in [-0.25, -0.2) is 9.18 Å². The number of hydrogen-bond acceptors (Lipinski definition) is 4. The number of carbonyl (C=O) groups excluding carboxylic acids is 3. The van der Waals surface area contributed by atoms with Crippen molar-refractivity contribution in [2.45, 2.75) is 18.9 Å². The Hall–Kier alpha value is -2.44. The molecule has 0 aromatic heterocycles. The number of ether oxygens (including phenoxy) is 1. The summed E-state index contributed by atoms with van der Waals surface area (Å²) in [6.07, 6.45) is 0.637. The van der Waals surface area contributed by atoms with Crippen LogP contribution in [0, 0.1) is 5.82 Å². The number of anilines is 1. The molecule has 2 rings (SSSR count).